The smallest absolute Gasteiger partial charge is 0.275 e. The zero-order valence-corrected chi connectivity index (χ0v) is 18.2. The molecule has 1 aliphatic carbocycles. The number of primary amides is 1. The van der Waals surface area contributed by atoms with Crippen molar-refractivity contribution in [1.82, 2.24) is 9.88 Å². The summed E-state index contributed by atoms with van der Waals surface area (Å²) in [4.78, 5) is 35.1. The fourth-order valence-corrected chi connectivity index (χ4v) is 6.05. The third-order valence-corrected chi connectivity index (χ3v) is 7.45. The van der Waals surface area contributed by atoms with E-state index in [1.165, 1.54) is 11.3 Å². The summed E-state index contributed by atoms with van der Waals surface area (Å²) < 4.78 is 0. The highest BCUT2D eigenvalue weighted by molar-refractivity contribution is 7.19. The molecule has 6 nitrogen and oxygen atoms in total. The number of likely N-dealkylation sites (tertiary alicyclic amines) is 1. The lowest BCUT2D eigenvalue weighted by atomic mass is 9.97. The molecular weight excluding hydrogens is 408 g/mol. The quantitative estimate of drug-likeness (QED) is 0.753. The van der Waals surface area contributed by atoms with E-state index in [0.717, 1.165) is 47.9 Å². The number of nitrogens with two attached hydrogens (primary N) is 1. The van der Waals surface area contributed by atoms with Crippen molar-refractivity contribution in [2.24, 2.45) is 11.7 Å². The van der Waals surface area contributed by atoms with Gasteiger partial charge in [0.1, 0.15) is 11.7 Å². The van der Waals surface area contributed by atoms with Crippen LogP contribution in [-0.4, -0.2) is 46.9 Å². The number of aromatic nitrogens is 1. The molecule has 29 heavy (non-hydrogen) atoms. The first-order valence-electron chi connectivity index (χ1n) is 10.1. The van der Waals surface area contributed by atoms with Gasteiger partial charge in [-0.3, -0.25) is 9.59 Å². The molecule has 2 fully saturated rings. The van der Waals surface area contributed by atoms with Crippen molar-refractivity contribution in [3.05, 3.63) is 35.0 Å². The SMILES string of the molecule is CCN(CC)c1nc(C(=O)N2[C@@H]3CC[C@@H](C3)[C@H]2C(N)=O)c(-c2cccc(Cl)c2)s1. The predicted octanol–water partition coefficient (Wildman–Crippen LogP) is 3.79. The number of benzene rings is 1. The van der Waals surface area contributed by atoms with Gasteiger partial charge in [0.15, 0.2) is 5.13 Å². The Morgan fingerprint density at radius 3 is 2.72 bits per heavy atom. The van der Waals surface area contributed by atoms with Crippen molar-refractivity contribution in [3.8, 4) is 10.4 Å². The van der Waals surface area contributed by atoms with Crippen LogP contribution in [0.25, 0.3) is 10.4 Å². The minimum absolute atomic E-state index is 0.0656. The molecule has 1 aliphatic heterocycles. The Labute approximate surface area is 179 Å². The summed E-state index contributed by atoms with van der Waals surface area (Å²) in [5, 5.41) is 1.40. The van der Waals surface area contributed by atoms with Crippen molar-refractivity contribution < 1.29 is 9.59 Å². The maximum absolute atomic E-state index is 13.7. The number of piperidine rings is 1. The molecule has 1 saturated carbocycles. The minimum Gasteiger partial charge on any atom is -0.368 e. The normalized spacial score (nSPS) is 22.9. The van der Waals surface area contributed by atoms with Gasteiger partial charge in [0, 0.05) is 24.2 Å². The molecule has 154 valence electrons. The second-order valence-corrected chi connectivity index (χ2v) is 9.06. The lowest BCUT2D eigenvalue weighted by molar-refractivity contribution is -0.123. The second kappa shape index (κ2) is 7.95. The summed E-state index contributed by atoms with van der Waals surface area (Å²) in [6.45, 7) is 5.72. The lowest BCUT2D eigenvalue weighted by Crippen LogP contribution is -2.51. The van der Waals surface area contributed by atoms with Gasteiger partial charge < -0.3 is 15.5 Å². The molecule has 1 aromatic heterocycles. The van der Waals surface area contributed by atoms with Crippen LogP contribution < -0.4 is 10.6 Å². The van der Waals surface area contributed by atoms with Gasteiger partial charge in [0.05, 0.1) is 4.88 Å². The molecular formula is C21H25ClN4O2S. The van der Waals surface area contributed by atoms with Gasteiger partial charge in [-0.1, -0.05) is 35.1 Å². The molecule has 0 unspecified atom stereocenters. The molecule has 2 heterocycles. The van der Waals surface area contributed by atoms with Crippen LogP contribution in [-0.2, 0) is 4.79 Å². The molecule has 0 radical (unpaired) electrons. The number of hydrogen-bond acceptors (Lipinski definition) is 5. The van der Waals surface area contributed by atoms with E-state index in [2.05, 4.69) is 18.7 Å². The first kappa shape index (κ1) is 20.2. The third-order valence-electron chi connectivity index (χ3n) is 6.05. The van der Waals surface area contributed by atoms with Crippen LogP contribution in [0.5, 0.6) is 0 Å². The number of thiazole rings is 1. The average molecular weight is 433 g/mol. The number of halogens is 1. The number of rotatable bonds is 6. The highest BCUT2D eigenvalue weighted by Crippen LogP contribution is 2.44. The van der Waals surface area contributed by atoms with Gasteiger partial charge in [-0.2, -0.15) is 0 Å². The van der Waals surface area contributed by atoms with Gasteiger partial charge in [-0.15, -0.1) is 0 Å². The minimum atomic E-state index is -0.535. The molecule has 2 aromatic rings. The van der Waals surface area contributed by atoms with Crippen molar-refractivity contribution in [2.45, 2.75) is 45.2 Å². The highest BCUT2D eigenvalue weighted by Gasteiger charge is 2.51. The van der Waals surface area contributed by atoms with Crippen molar-refractivity contribution in [3.63, 3.8) is 0 Å². The van der Waals surface area contributed by atoms with Gasteiger partial charge in [0.2, 0.25) is 5.91 Å². The number of hydrogen-bond donors (Lipinski definition) is 1. The maximum Gasteiger partial charge on any atom is 0.275 e. The molecule has 0 spiro atoms. The number of nitrogens with zero attached hydrogens (tertiary/aromatic N) is 3. The van der Waals surface area contributed by atoms with E-state index in [1.54, 1.807) is 11.0 Å². The molecule has 4 rings (SSSR count). The maximum atomic E-state index is 13.7. The van der Waals surface area contributed by atoms with Crippen LogP contribution >= 0.6 is 22.9 Å². The van der Waals surface area contributed by atoms with E-state index in [1.807, 2.05) is 18.2 Å². The van der Waals surface area contributed by atoms with Crippen LogP contribution in [0.15, 0.2) is 24.3 Å². The highest BCUT2D eigenvalue weighted by atomic mass is 35.5. The number of anilines is 1. The Morgan fingerprint density at radius 2 is 2.07 bits per heavy atom. The van der Waals surface area contributed by atoms with Crippen molar-refractivity contribution in [2.75, 3.05) is 18.0 Å². The van der Waals surface area contributed by atoms with E-state index in [4.69, 9.17) is 22.3 Å². The molecule has 1 saturated heterocycles. The van der Waals surface area contributed by atoms with E-state index >= 15 is 0 Å². The standard InChI is InChI=1S/C21H25ClN4O2S/c1-3-25(4-2)21-24-16(18(29-21)13-6-5-7-14(22)10-13)20(28)26-15-9-8-12(11-15)17(26)19(23)27/h5-7,10,12,15,17H,3-4,8-9,11H2,1-2H3,(H2,23,27)/t12-,15+,17-/m0/s1. The lowest BCUT2D eigenvalue weighted by Gasteiger charge is -2.33. The third kappa shape index (κ3) is 3.51. The van der Waals surface area contributed by atoms with Crippen molar-refractivity contribution >= 4 is 39.9 Å². The second-order valence-electron chi connectivity index (χ2n) is 7.64. The summed E-state index contributed by atoms with van der Waals surface area (Å²) in [6, 6.07) is 6.99. The summed E-state index contributed by atoms with van der Waals surface area (Å²) in [6.07, 6.45) is 2.71. The first-order chi connectivity index (χ1) is 13.9. The molecule has 1 aromatic carbocycles. The fourth-order valence-electron chi connectivity index (χ4n) is 4.68. The van der Waals surface area contributed by atoms with Gasteiger partial charge in [0.25, 0.3) is 5.91 Å². The number of amides is 2. The summed E-state index contributed by atoms with van der Waals surface area (Å²) in [5.41, 5.74) is 6.92. The molecule has 3 atom stereocenters. The largest absolute Gasteiger partial charge is 0.368 e. The number of carbonyl (C=O) groups excluding carboxylic acids is 2. The molecule has 2 bridgehead atoms. The summed E-state index contributed by atoms with van der Waals surface area (Å²) in [7, 11) is 0. The fraction of sp³-hybridized carbons (Fsp3) is 0.476. The molecule has 2 N–H and O–H groups in total. The van der Waals surface area contributed by atoms with Gasteiger partial charge in [-0.25, -0.2) is 4.98 Å². The Morgan fingerprint density at radius 1 is 1.31 bits per heavy atom. The van der Waals surface area contributed by atoms with Crippen molar-refractivity contribution in [1.29, 1.82) is 0 Å². The van der Waals surface area contributed by atoms with E-state index in [0.29, 0.717) is 10.7 Å². The van der Waals surface area contributed by atoms with Crippen LogP contribution in [0.4, 0.5) is 5.13 Å². The topological polar surface area (TPSA) is 79.5 Å². The first-order valence-corrected chi connectivity index (χ1v) is 11.3. The molecule has 8 heteroatoms. The molecule has 2 aliphatic rings. The van der Waals surface area contributed by atoms with E-state index < -0.39 is 11.9 Å². The average Bonchev–Trinajstić information content (AvgIpc) is 3.42. The number of fused-ring (bicyclic) bond motifs is 2. The summed E-state index contributed by atoms with van der Waals surface area (Å²) >= 11 is 7.70. The van der Waals surface area contributed by atoms with E-state index in [-0.39, 0.29) is 17.9 Å². The number of carbonyl (C=O) groups is 2. The Kier molecular flexibility index (Phi) is 5.53. The Hall–Kier alpha value is -2.12. The van der Waals surface area contributed by atoms with Crippen LogP contribution in [0, 0.1) is 5.92 Å². The predicted molar refractivity (Wildman–Crippen MR) is 116 cm³/mol. The molecule has 2 amide bonds. The zero-order valence-electron chi connectivity index (χ0n) is 16.6. The van der Waals surface area contributed by atoms with E-state index in [9.17, 15) is 9.59 Å². The van der Waals surface area contributed by atoms with Crippen LogP contribution in [0.2, 0.25) is 5.02 Å². The Bertz CT molecular complexity index is 943. The zero-order chi connectivity index (χ0) is 20.7. The Balaban J connectivity index is 1.79. The van der Waals surface area contributed by atoms with Gasteiger partial charge in [-0.05, 0) is 56.7 Å². The van der Waals surface area contributed by atoms with Crippen LogP contribution in [0.3, 0.4) is 0 Å². The van der Waals surface area contributed by atoms with Gasteiger partial charge >= 0.3 is 0 Å². The monoisotopic (exact) mass is 432 g/mol. The summed E-state index contributed by atoms with van der Waals surface area (Å²) in [5.74, 6) is -0.461. The van der Waals surface area contributed by atoms with Crippen LogP contribution in [0.1, 0.15) is 43.6 Å².